The topological polar surface area (TPSA) is 65.2 Å². The van der Waals surface area contributed by atoms with Crippen molar-refractivity contribution in [1.82, 2.24) is 9.71 Å². The Morgan fingerprint density at radius 1 is 1.07 bits per heavy atom. The molecule has 0 bridgehead atoms. The molecule has 0 amide bonds. The zero-order valence-electron chi connectivity index (χ0n) is 16.6. The maximum atomic E-state index is 12.8. The van der Waals surface area contributed by atoms with Crippen LogP contribution >= 0.6 is 22.9 Å². The third kappa shape index (κ3) is 4.25. The number of H-pyrrole nitrogens is 1. The van der Waals surface area contributed by atoms with E-state index in [0.717, 1.165) is 39.1 Å². The number of anilines is 1. The number of aromatic nitrogens is 1. The Balaban J connectivity index is 1.70. The summed E-state index contributed by atoms with van der Waals surface area (Å²) < 4.78 is 29.0. The molecule has 156 valence electrons. The van der Waals surface area contributed by atoms with Crippen LogP contribution in [-0.2, 0) is 10.0 Å². The van der Waals surface area contributed by atoms with Crippen LogP contribution in [0.5, 0.6) is 0 Å². The van der Waals surface area contributed by atoms with E-state index in [1.54, 1.807) is 6.07 Å². The minimum Gasteiger partial charge on any atom is -0.378 e. The first-order valence-electron chi connectivity index (χ1n) is 9.43. The second-order valence-corrected chi connectivity index (χ2v) is 10.9. The van der Waals surface area contributed by atoms with Crippen molar-refractivity contribution in [3.63, 3.8) is 0 Å². The van der Waals surface area contributed by atoms with Gasteiger partial charge in [0.25, 0.3) is 0 Å². The molecule has 0 radical (unpaired) electrons. The smallest absolute Gasteiger partial charge is 0.250 e. The molecule has 2 aromatic carbocycles. The van der Waals surface area contributed by atoms with Gasteiger partial charge in [-0.25, -0.2) is 13.1 Å². The minimum absolute atomic E-state index is 0.150. The van der Waals surface area contributed by atoms with Crippen LogP contribution in [0, 0.1) is 0 Å². The van der Waals surface area contributed by atoms with E-state index in [2.05, 4.69) is 27.9 Å². The standard InChI is InChI=1S/C22H22ClN3O2S2/c1-26(2)16-9-7-15(8-10-16)18(19-13-24-20-6-4-3-5-17(19)20)14-25-30(27,28)22-12-11-21(23)29-22/h3-13,18,24-25H,14H2,1-2H3/t18-/m1/s1. The minimum atomic E-state index is -3.64. The first-order chi connectivity index (χ1) is 14.3. The third-order valence-corrected chi connectivity index (χ3v) is 8.25. The molecule has 4 rings (SSSR count). The first-order valence-corrected chi connectivity index (χ1v) is 12.1. The summed E-state index contributed by atoms with van der Waals surface area (Å²) in [7, 11) is 0.342. The molecule has 2 aromatic heterocycles. The molecule has 0 saturated heterocycles. The van der Waals surface area contributed by atoms with Gasteiger partial charge in [0.2, 0.25) is 10.0 Å². The average Bonchev–Trinajstić information content (AvgIpc) is 3.36. The van der Waals surface area contributed by atoms with Crippen LogP contribution in [0.3, 0.4) is 0 Å². The molecule has 2 N–H and O–H groups in total. The quantitative estimate of drug-likeness (QED) is 0.406. The fourth-order valence-corrected chi connectivity index (χ4v) is 6.08. The molecule has 30 heavy (non-hydrogen) atoms. The van der Waals surface area contributed by atoms with Crippen LogP contribution in [0.15, 0.2) is 71.1 Å². The van der Waals surface area contributed by atoms with Gasteiger partial charge in [-0.2, -0.15) is 0 Å². The van der Waals surface area contributed by atoms with Crippen LogP contribution < -0.4 is 9.62 Å². The van der Waals surface area contributed by atoms with Crippen molar-refractivity contribution >= 4 is 49.6 Å². The van der Waals surface area contributed by atoms with E-state index < -0.39 is 10.0 Å². The van der Waals surface area contributed by atoms with Crippen molar-refractivity contribution in [3.8, 4) is 0 Å². The van der Waals surface area contributed by atoms with Crippen LogP contribution in [0.25, 0.3) is 10.9 Å². The van der Waals surface area contributed by atoms with Gasteiger partial charge in [-0.3, -0.25) is 0 Å². The molecule has 0 fully saturated rings. The van der Waals surface area contributed by atoms with E-state index in [1.807, 2.05) is 55.5 Å². The summed E-state index contributed by atoms with van der Waals surface area (Å²) in [5.41, 5.74) is 4.20. The number of benzene rings is 2. The van der Waals surface area contributed by atoms with Crippen molar-refractivity contribution in [2.24, 2.45) is 0 Å². The molecule has 1 atom stereocenters. The second kappa shape index (κ2) is 8.43. The highest BCUT2D eigenvalue weighted by atomic mass is 35.5. The largest absolute Gasteiger partial charge is 0.378 e. The van der Waals surface area contributed by atoms with Gasteiger partial charge in [-0.15, -0.1) is 11.3 Å². The van der Waals surface area contributed by atoms with Gasteiger partial charge in [-0.1, -0.05) is 41.9 Å². The maximum absolute atomic E-state index is 12.8. The molecule has 4 aromatic rings. The van der Waals surface area contributed by atoms with Gasteiger partial charge < -0.3 is 9.88 Å². The Morgan fingerprint density at radius 3 is 2.47 bits per heavy atom. The molecule has 2 heterocycles. The van der Waals surface area contributed by atoms with E-state index in [0.29, 0.717) is 4.34 Å². The Morgan fingerprint density at radius 2 is 1.80 bits per heavy atom. The molecule has 0 spiro atoms. The number of para-hydroxylation sites is 1. The second-order valence-electron chi connectivity index (χ2n) is 7.24. The fraction of sp³-hybridized carbons (Fsp3) is 0.182. The molecule has 0 aliphatic rings. The van der Waals surface area contributed by atoms with Crippen LogP contribution in [0.1, 0.15) is 17.0 Å². The van der Waals surface area contributed by atoms with E-state index in [-0.39, 0.29) is 16.7 Å². The Kier molecular flexibility index (Phi) is 5.88. The number of thiophene rings is 1. The lowest BCUT2D eigenvalue weighted by atomic mass is 9.91. The van der Waals surface area contributed by atoms with Gasteiger partial charge >= 0.3 is 0 Å². The molecular weight excluding hydrogens is 438 g/mol. The van der Waals surface area contributed by atoms with Crippen molar-refractivity contribution in [2.45, 2.75) is 10.1 Å². The van der Waals surface area contributed by atoms with E-state index in [1.165, 1.54) is 6.07 Å². The number of nitrogens with zero attached hydrogens (tertiary/aromatic N) is 1. The average molecular weight is 460 g/mol. The van der Waals surface area contributed by atoms with Crippen molar-refractivity contribution in [2.75, 3.05) is 25.5 Å². The van der Waals surface area contributed by atoms with Crippen LogP contribution in [-0.4, -0.2) is 34.0 Å². The van der Waals surface area contributed by atoms with Crippen molar-refractivity contribution < 1.29 is 8.42 Å². The molecule has 0 unspecified atom stereocenters. The molecule has 0 aliphatic carbocycles. The summed E-state index contributed by atoms with van der Waals surface area (Å²) in [6, 6.07) is 19.4. The van der Waals surface area contributed by atoms with Crippen LogP contribution in [0.2, 0.25) is 4.34 Å². The number of aromatic amines is 1. The highest BCUT2D eigenvalue weighted by Crippen LogP contribution is 2.32. The van der Waals surface area contributed by atoms with E-state index >= 15 is 0 Å². The lowest BCUT2D eigenvalue weighted by Crippen LogP contribution is -2.28. The number of halogens is 1. The predicted molar refractivity (Wildman–Crippen MR) is 125 cm³/mol. The Hall–Kier alpha value is -2.32. The SMILES string of the molecule is CN(C)c1ccc([C@@H](CNS(=O)(=O)c2ccc(Cl)s2)c2c[nH]c3ccccc23)cc1. The maximum Gasteiger partial charge on any atom is 0.250 e. The van der Waals surface area contributed by atoms with E-state index in [9.17, 15) is 8.42 Å². The lowest BCUT2D eigenvalue weighted by Gasteiger charge is -2.20. The van der Waals surface area contributed by atoms with Gasteiger partial charge in [0.15, 0.2) is 0 Å². The number of nitrogens with one attached hydrogen (secondary N) is 2. The summed E-state index contributed by atoms with van der Waals surface area (Å²) in [5, 5.41) is 1.08. The molecule has 0 aliphatic heterocycles. The summed E-state index contributed by atoms with van der Waals surface area (Å²) in [4.78, 5) is 5.33. The number of rotatable bonds is 7. The van der Waals surface area contributed by atoms with Gasteiger partial charge in [0.1, 0.15) is 4.21 Å². The molecule has 8 heteroatoms. The summed E-state index contributed by atoms with van der Waals surface area (Å²) in [6.07, 6.45) is 1.96. The predicted octanol–water partition coefficient (Wildman–Crippen LogP) is 5.06. The van der Waals surface area contributed by atoms with Gasteiger partial charge in [-0.05, 0) is 41.5 Å². The highest BCUT2D eigenvalue weighted by molar-refractivity contribution is 7.91. The van der Waals surface area contributed by atoms with Crippen LogP contribution in [0.4, 0.5) is 5.69 Å². The van der Waals surface area contributed by atoms with Gasteiger partial charge in [0, 0.05) is 49.3 Å². The number of hydrogen-bond acceptors (Lipinski definition) is 4. The van der Waals surface area contributed by atoms with E-state index in [4.69, 9.17) is 11.6 Å². The zero-order valence-corrected chi connectivity index (χ0v) is 19.0. The fourth-order valence-electron chi connectivity index (χ4n) is 3.50. The van der Waals surface area contributed by atoms with Gasteiger partial charge in [0.05, 0.1) is 4.34 Å². The Bertz CT molecular complexity index is 1260. The first kappa shape index (κ1) is 20.9. The molecule has 5 nitrogen and oxygen atoms in total. The summed E-state index contributed by atoms with van der Waals surface area (Å²) in [5.74, 6) is -0.150. The third-order valence-electron chi connectivity index (χ3n) is 5.10. The summed E-state index contributed by atoms with van der Waals surface area (Å²) in [6.45, 7) is 0.237. The highest BCUT2D eigenvalue weighted by Gasteiger charge is 2.23. The monoisotopic (exact) mass is 459 g/mol. The molecular formula is C22H22ClN3O2S2. The normalized spacial score (nSPS) is 12.9. The Labute approximate surface area is 185 Å². The number of fused-ring (bicyclic) bond motifs is 1. The van der Waals surface area contributed by atoms with Crippen molar-refractivity contribution in [1.29, 1.82) is 0 Å². The lowest BCUT2D eigenvalue weighted by molar-refractivity contribution is 0.580. The van der Waals surface area contributed by atoms with Crippen molar-refractivity contribution in [3.05, 3.63) is 82.3 Å². The summed E-state index contributed by atoms with van der Waals surface area (Å²) >= 11 is 6.98. The number of sulfonamides is 1. The number of hydrogen-bond donors (Lipinski definition) is 2. The zero-order chi connectivity index (χ0) is 21.3. The molecule has 0 saturated carbocycles.